The monoisotopic (exact) mass is 159 g/mol. The van der Waals surface area contributed by atoms with Crippen LogP contribution >= 0.6 is 0 Å². The van der Waals surface area contributed by atoms with Gasteiger partial charge < -0.3 is 10.1 Å². The number of rotatable bonds is 5. The molecule has 3 nitrogen and oxygen atoms in total. The number of hydrogen-bond acceptors (Lipinski definition) is 3. The first kappa shape index (κ1) is 10.4. The Balaban J connectivity index is 2.97. The third kappa shape index (κ3) is 9.43. The highest BCUT2D eigenvalue weighted by Crippen LogP contribution is 1.85. The van der Waals surface area contributed by atoms with E-state index in [0.29, 0.717) is 12.5 Å². The van der Waals surface area contributed by atoms with E-state index in [0.717, 1.165) is 13.1 Å². The molecular formula is C8H17NO2. The Labute approximate surface area is 68.1 Å². The van der Waals surface area contributed by atoms with Gasteiger partial charge in [0.2, 0.25) is 0 Å². The number of ether oxygens (including phenoxy) is 1. The van der Waals surface area contributed by atoms with Crippen LogP contribution in [0.4, 0.5) is 0 Å². The normalized spacial score (nSPS) is 10.2. The van der Waals surface area contributed by atoms with E-state index in [4.69, 9.17) is 4.74 Å². The van der Waals surface area contributed by atoms with Crippen molar-refractivity contribution >= 4 is 5.97 Å². The highest BCUT2D eigenvalue weighted by molar-refractivity contribution is 5.65. The Morgan fingerprint density at radius 2 is 2.18 bits per heavy atom. The second-order valence-electron chi connectivity index (χ2n) is 2.94. The van der Waals surface area contributed by atoms with Crippen LogP contribution < -0.4 is 5.32 Å². The van der Waals surface area contributed by atoms with Gasteiger partial charge in [-0.2, -0.15) is 0 Å². The van der Waals surface area contributed by atoms with Crippen LogP contribution in [0.25, 0.3) is 0 Å². The van der Waals surface area contributed by atoms with Crippen LogP contribution in [0.15, 0.2) is 0 Å². The van der Waals surface area contributed by atoms with E-state index in [1.54, 1.807) is 0 Å². The van der Waals surface area contributed by atoms with Gasteiger partial charge in [0, 0.05) is 13.5 Å². The molecule has 0 rings (SSSR count). The van der Waals surface area contributed by atoms with Crippen molar-refractivity contribution in [2.45, 2.75) is 20.8 Å². The molecule has 0 radical (unpaired) electrons. The lowest BCUT2D eigenvalue weighted by Gasteiger charge is -2.06. The van der Waals surface area contributed by atoms with Crippen molar-refractivity contribution in [3.8, 4) is 0 Å². The Kier molecular flexibility index (Phi) is 5.84. The molecule has 0 aromatic heterocycles. The summed E-state index contributed by atoms with van der Waals surface area (Å²) in [5.41, 5.74) is 0. The maximum Gasteiger partial charge on any atom is 0.302 e. The quantitative estimate of drug-likeness (QED) is 0.476. The summed E-state index contributed by atoms with van der Waals surface area (Å²) in [7, 11) is 0. The highest BCUT2D eigenvalue weighted by atomic mass is 16.5. The average Bonchev–Trinajstić information content (AvgIpc) is 1.85. The Hall–Kier alpha value is -0.570. The fraction of sp³-hybridized carbons (Fsp3) is 0.875. The van der Waals surface area contributed by atoms with Crippen LogP contribution in [0.5, 0.6) is 0 Å². The number of esters is 1. The standard InChI is InChI=1S/C8H17NO2/c1-7(2)6-9-4-5-11-8(3)10/h7,9H,4-6H2,1-3H3. The zero-order valence-corrected chi connectivity index (χ0v) is 7.52. The number of hydrogen-bond donors (Lipinski definition) is 1. The summed E-state index contributed by atoms with van der Waals surface area (Å²) in [6.45, 7) is 7.89. The minimum Gasteiger partial charge on any atom is -0.465 e. The van der Waals surface area contributed by atoms with Gasteiger partial charge in [0.15, 0.2) is 0 Å². The summed E-state index contributed by atoms with van der Waals surface area (Å²) < 4.78 is 4.72. The molecule has 0 aliphatic rings. The van der Waals surface area contributed by atoms with Gasteiger partial charge in [0.05, 0.1) is 0 Å². The minimum absolute atomic E-state index is 0.212. The molecule has 3 heteroatoms. The molecule has 0 aromatic rings. The SMILES string of the molecule is CC(=O)OCCNCC(C)C. The maximum atomic E-state index is 10.3. The van der Waals surface area contributed by atoms with Gasteiger partial charge in [-0.3, -0.25) is 4.79 Å². The summed E-state index contributed by atoms with van der Waals surface area (Å²) in [4.78, 5) is 10.3. The zero-order chi connectivity index (χ0) is 8.69. The van der Waals surface area contributed by atoms with Crippen molar-refractivity contribution in [1.29, 1.82) is 0 Å². The largest absolute Gasteiger partial charge is 0.465 e. The summed E-state index contributed by atoms with van der Waals surface area (Å²) in [5.74, 6) is 0.434. The molecule has 0 spiro atoms. The van der Waals surface area contributed by atoms with E-state index in [-0.39, 0.29) is 5.97 Å². The molecule has 0 unspecified atom stereocenters. The lowest BCUT2D eigenvalue weighted by Crippen LogP contribution is -2.24. The number of carbonyl (C=O) groups is 1. The van der Waals surface area contributed by atoms with Gasteiger partial charge in [-0.25, -0.2) is 0 Å². The molecule has 0 atom stereocenters. The minimum atomic E-state index is -0.212. The Bertz CT molecular complexity index is 113. The van der Waals surface area contributed by atoms with Crippen molar-refractivity contribution < 1.29 is 9.53 Å². The van der Waals surface area contributed by atoms with Crippen molar-refractivity contribution in [3.63, 3.8) is 0 Å². The molecule has 0 fully saturated rings. The van der Waals surface area contributed by atoms with Crippen molar-refractivity contribution in [1.82, 2.24) is 5.32 Å². The summed E-state index contributed by atoms with van der Waals surface area (Å²) in [5, 5.41) is 3.16. The highest BCUT2D eigenvalue weighted by Gasteiger charge is 1.93. The lowest BCUT2D eigenvalue weighted by atomic mass is 10.2. The van der Waals surface area contributed by atoms with Crippen LogP contribution in [-0.2, 0) is 9.53 Å². The van der Waals surface area contributed by atoms with Gasteiger partial charge in [-0.1, -0.05) is 13.8 Å². The maximum absolute atomic E-state index is 10.3. The first-order valence-corrected chi connectivity index (χ1v) is 3.97. The molecule has 66 valence electrons. The zero-order valence-electron chi connectivity index (χ0n) is 7.52. The smallest absolute Gasteiger partial charge is 0.302 e. The first-order chi connectivity index (χ1) is 5.13. The van der Waals surface area contributed by atoms with Crippen molar-refractivity contribution in [2.75, 3.05) is 19.7 Å². The van der Waals surface area contributed by atoms with Gasteiger partial charge >= 0.3 is 5.97 Å². The fourth-order valence-electron chi connectivity index (χ4n) is 0.658. The molecule has 0 amide bonds. The van der Waals surface area contributed by atoms with E-state index < -0.39 is 0 Å². The van der Waals surface area contributed by atoms with Gasteiger partial charge in [-0.15, -0.1) is 0 Å². The molecule has 1 N–H and O–H groups in total. The first-order valence-electron chi connectivity index (χ1n) is 3.97. The number of nitrogens with one attached hydrogen (secondary N) is 1. The van der Waals surface area contributed by atoms with E-state index in [2.05, 4.69) is 19.2 Å². The van der Waals surface area contributed by atoms with E-state index >= 15 is 0 Å². The summed E-state index contributed by atoms with van der Waals surface area (Å²) in [6.07, 6.45) is 0. The van der Waals surface area contributed by atoms with Crippen LogP contribution in [-0.4, -0.2) is 25.7 Å². The molecule has 11 heavy (non-hydrogen) atoms. The fourth-order valence-corrected chi connectivity index (χ4v) is 0.658. The summed E-state index contributed by atoms with van der Waals surface area (Å²) >= 11 is 0. The van der Waals surface area contributed by atoms with E-state index in [1.807, 2.05) is 0 Å². The van der Waals surface area contributed by atoms with E-state index in [1.165, 1.54) is 6.92 Å². The molecule has 0 aliphatic heterocycles. The van der Waals surface area contributed by atoms with Crippen molar-refractivity contribution in [2.24, 2.45) is 5.92 Å². The average molecular weight is 159 g/mol. The molecule has 0 saturated heterocycles. The summed E-state index contributed by atoms with van der Waals surface area (Å²) in [6, 6.07) is 0. The topological polar surface area (TPSA) is 38.3 Å². The van der Waals surface area contributed by atoms with Crippen LogP contribution in [0.2, 0.25) is 0 Å². The van der Waals surface area contributed by atoms with Crippen LogP contribution in [0, 0.1) is 5.92 Å². The van der Waals surface area contributed by atoms with Crippen LogP contribution in [0.3, 0.4) is 0 Å². The molecule has 0 aromatic carbocycles. The van der Waals surface area contributed by atoms with Gasteiger partial charge in [-0.05, 0) is 12.5 Å². The third-order valence-corrected chi connectivity index (χ3v) is 1.14. The second-order valence-corrected chi connectivity index (χ2v) is 2.94. The third-order valence-electron chi connectivity index (χ3n) is 1.14. The number of carbonyl (C=O) groups excluding carboxylic acids is 1. The van der Waals surface area contributed by atoms with E-state index in [9.17, 15) is 4.79 Å². The molecule has 0 saturated carbocycles. The Morgan fingerprint density at radius 1 is 1.55 bits per heavy atom. The Morgan fingerprint density at radius 3 is 2.64 bits per heavy atom. The predicted molar refractivity (Wildman–Crippen MR) is 44.3 cm³/mol. The molecule has 0 bridgehead atoms. The lowest BCUT2D eigenvalue weighted by molar-refractivity contribution is -0.140. The molecule has 0 heterocycles. The van der Waals surface area contributed by atoms with Gasteiger partial charge in [0.25, 0.3) is 0 Å². The molecular weight excluding hydrogens is 142 g/mol. The predicted octanol–water partition coefficient (Wildman–Crippen LogP) is 0.795. The van der Waals surface area contributed by atoms with Crippen LogP contribution in [0.1, 0.15) is 20.8 Å². The van der Waals surface area contributed by atoms with Crippen molar-refractivity contribution in [3.05, 3.63) is 0 Å². The second kappa shape index (κ2) is 6.16. The molecule has 0 aliphatic carbocycles. The van der Waals surface area contributed by atoms with Gasteiger partial charge in [0.1, 0.15) is 6.61 Å².